The van der Waals surface area contributed by atoms with Gasteiger partial charge >= 0.3 is 0 Å². The molecule has 23 heavy (non-hydrogen) atoms. The highest BCUT2D eigenvalue weighted by atomic mass is 35.5. The number of ether oxygens (including phenoxy) is 1. The van der Waals surface area contributed by atoms with Crippen molar-refractivity contribution in [2.75, 3.05) is 31.6 Å². The van der Waals surface area contributed by atoms with Crippen molar-refractivity contribution in [3.8, 4) is 0 Å². The molecular formula is C15H19Cl2N3O3. The minimum absolute atomic E-state index is 0. The predicted octanol–water partition coefficient (Wildman–Crippen LogP) is 1.66. The van der Waals surface area contributed by atoms with Crippen LogP contribution in [0.25, 0.3) is 0 Å². The second-order valence-corrected chi connectivity index (χ2v) is 6.12. The van der Waals surface area contributed by atoms with E-state index in [1.807, 2.05) is 0 Å². The topological polar surface area (TPSA) is 84.7 Å². The maximum atomic E-state index is 12.4. The van der Waals surface area contributed by atoms with Crippen molar-refractivity contribution in [1.82, 2.24) is 4.90 Å². The summed E-state index contributed by atoms with van der Waals surface area (Å²) in [6.45, 7) is 2.19. The summed E-state index contributed by atoms with van der Waals surface area (Å²) in [4.78, 5) is 26.0. The van der Waals surface area contributed by atoms with Gasteiger partial charge in [-0.05, 0) is 31.0 Å². The van der Waals surface area contributed by atoms with Crippen LogP contribution in [-0.4, -0.2) is 48.6 Å². The normalized spacial score (nSPS) is 18.8. The Labute approximate surface area is 145 Å². The number of nitrogens with two attached hydrogens (primary N) is 1. The van der Waals surface area contributed by atoms with Gasteiger partial charge in [0.15, 0.2) is 0 Å². The average molecular weight is 360 g/mol. The van der Waals surface area contributed by atoms with E-state index in [1.165, 1.54) is 0 Å². The van der Waals surface area contributed by atoms with Gasteiger partial charge in [0.25, 0.3) is 5.91 Å². The molecule has 1 saturated heterocycles. The first kappa shape index (κ1) is 18.0. The third-order valence-corrected chi connectivity index (χ3v) is 4.31. The molecule has 1 aliphatic heterocycles. The molecule has 2 fully saturated rings. The summed E-state index contributed by atoms with van der Waals surface area (Å²) in [6.07, 6.45) is 1.39. The number of carbonyl (C=O) groups is 2. The first-order valence-electron chi connectivity index (χ1n) is 7.26. The van der Waals surface area contributed by atoms with Crippen molar-refractivity contribution in [3.05, 3.63) is 28.8 Å². The number of carbonyl (C=O) groups excluding carboxylic acids is 2. The van der Waals surface area contributed by atoms with Gasteiger partial charge in [0, 0.05) is 18.8 Å². The van der Waals surface area contributed by atoms with Crippen LogP contribution in [0.1, 0.15) is 23.2 Å². The molecule has 3 N–H and O–H groups in total. The fourth-order valence-electron chi connectivity index (χ4n) is 2.32. The van der Waals surface area contributed by atoms with E-state index in [0.29, 0.717) is 55.4 Å². The Kier molecular flexibility index (Phi) is 5.52. The van der Waals surface area contributed by atoms with E-state index in [2.05, 4.69) is 5.32 Å². The summed E-state index contributed by atoms with van der Waals surface area (Å²) >= 11 is 6.20. The van der Waals surface area contributed by atoms with E-state index in [1.54, 1.807) is 23.1 Å². The lowest BCUT2D eigenvalue weighted by Gasteiger charge is -2.27. The number of anilines is 1. The molecule has 2 amide bonds. The average Bonchev–Trinajstić information content (AvgIpc) is 3.27. The van der Waals surface area contributed by atoms with Gasteiger partial charge in [-0.2, -0.15) is 0 Å². The van der Waals surface area contributed by atoms with Crippen LogP contribution in [0, 0.1) is 0 Å². The highest BCUT2D eigenvalue weighted by molar-refractivity contribution is 6.34. The zero-order valence-electron chi connectivity index (χ0n) is 12.5. The Bertz CT molecular complexity index is 614. The molecular weight excluding hydrogens is 341 g/mol. The molecule has 1 heterocycles. The van der Waals surface area contributed by atoms with Gasteiger partial charge in [-0.15, -0.1) is 12.4 Å². The van der Waals surface area contributed by atoms with Crippen molar-refractivity contribution in [3.63, 3.8) is 0 Å². The number of halogens is 2. The number of hydrogen-bond donors (Lipinski definition) is 2. The molecule has 1 aliphatic carbocycles. The predicted molar refractivity (Wildman–Crippen MR) is 90.2 cm³/mol. The fraction of sp³-hybridized carbons (Fsp3) is 0.467. The van der Waals surface area contributed by atoms with E-state index < -0.39 is 5.54 Å². The molecule has 1 aromatic rings. The maximum Gasteiger partial charge on any atom is 0.255 e. The highest BCUT2D eigenvalue weighted by Crippen LogP contribution is 2.33. The van der Waals surface area contributed by atoms with Crippen LogP contribution >= 0.6 is 24.0 Å². The van der Waals surface area contributed by atoms with Crippen LogP contribution in [-0.2, 0) is 9.53 Å². The Balaban J connectivity index is 0.00000192. The quantitative estimate of drug-likeness (QED) is 0.859. The van der Waals surface area contributed by atoms with Gasteiger partial charge in [0.1, 0.15) is 0 Å². The van der Waals surface area contributed by atoms with Gasteiger partial charge in [-0.25, -0.2) is 0 Å². The lowest BCUT2D eigenvalue weighted by Crippen LogP contribution is -2.40. The largest absolute Gasteiger partial charge is 0.378 e. The van der Waals surface area contributed by atoms with Crippen molar-refractivity contribution in [2.24, 2.45) is 5.73 Å². The number of amides is 2. The third-order valence-electron chi connectivity index (χ3n) is 4.00. The number of nitrogens with zero attached hydrogens (tertiary/aromatic N) is 1. The molecule has 0 spiro atoms. The molecule has 0 unspecified atom stereocenters. The molecule has 6 nitrogen and oxygen atoms in total. The molecule has 1 aromatic carbocycles. The van der Waals surface area contributed by atoms with E-state index >= 15 is 0 Å². The SMILES string of the molecule is Cl.NC1(C(=O)Nc2ccc(C(=O)N3CCOCC3)c(Cl)c2)CC1. The van der Waals surface area contributed by atoms with Crippen LogP contribution in [0.5, 0.6) is 0 Å². The minimum atomic E-state index is -0.741. The van der Waals surface area contributed by atoms with Crippen LogP contribution in [0.3, 0.4) is 0 Å². The lowest BCUT2D eigenvalue weighted by molar-refractivity contribution is -0.118. The second kappa shape index (κ2) is 7.05. The lowest BCUT2D eigenvalue weighted by atomic mass is 10.1. The van der Waals surface area contributed by atoms with Crippen LogP contribution in [0.15, 0.2) is 18.2 Å². The van der Waals surface area contributed by atoms with Crippen molar-refractivity contribution >= 4 is 41.5 Å². The van der Waals surface area contributed by atoms with E-state index in [9.17, 15) is 9.59 Å². The summed E-state index contributed by atoms with van der Waals surface area (Å²) in [5, 5.41) is 3.05. The third kappa shape index (κ3) is 3.95. The number of rotatable bonds is 3. The molecule has 0 bridgehead atoms. The summed E-state index contributed by atoms with van der Waals surface area (Å²) in [5.41, 5.74) is 6.07. The molecule has 2 aliphatic rings. The highest BCUT2D eigenvalue weighted by Gasteiger charge is 2.45. The van der Waals surface area contributed by atoms with Crippen molar-refractivity contribution in [1.29, 1.82) is 0 Å². The minimum Gasteiger partial charge on any atom is -0.378 e. The summed E-state index contributed by atoms with van der Waals surface area (Å²) in [6, 6.07) is 4.88. The first-order valence-corrected chi connectivity index (χ1v) is 7.64. The Morgan fingerprint density at radius 1 is 1.26 bits per heavy atom. The van der Waals surface area contributed by atoms with E-state index in [4.69, 9.17) is 22.1 Å². The fourth-order valence-corrected chi connectivity index (χ4v) is 2.58. The maximum absolute atomic E-state index is 12.4. The number of hydrogen-bond acceptors (Lipinski definition) is 4. The Morgan fingerprint density at radius 3 is 2.48 bits per heavy atom. The monoisotopic (exact) mass is 359 g/mol. The standard InChI is InChI=1S/C15H18ClN3O3.ClH/c16-12-9-10(18-14(21)15(17)3-4-15)1-2-11(12)13(20)19-5-7-22-8-6-19;/h1-2,9H,3-8,17H2,(H,18,21);1H. The Morgan fingerprint density at radius 2 is 1.91 bits per heavy atom. The summed E-state index contributed by atoms with van der Waals surface area (Å²) < 4.78 is 5.23. The molecule has 3 rings (SSSR count). The summed E-state index contributed by atoms with van der Waals surface area (Å²) in [7, 11) is 0. The number of benzene rings is 1. The van der Waals surface area contributed by atoms with E-state index in [0.717, 1.165) is 0 Å². The van der Waals surface area contributed by atoms with Gasteiger partial charge < -0.3 is 20.7 Å². The zero-order valence-corrected chi connectivity index (χ0v) is 14.1. The van der Waals surface area contributed by atoms with Crippen molar-refractivity contribution in [2.45, 2.75) is 18.4 Å². The first-order chi connectivity index (χ1) is 10.5. The van der Waals surface area contributed by atoms with Gasteiger partial charge in [-0.1, -0.05) is 11.6 Å². The molecule has 8 heteroatoms. The molecule has 126 valence electrons. The zero-order chi connectivity index (χ0) is 15.7. The van der Waals surface area contributed by atoms with Crippen LogP contribution in [0.4, 0.5) is 5.69 Å². The second-order valence-electron chi connectivity index (χ2n) is 5.71. The van der Waals surface area contributed by atoms with Gasteiger partial charge in [0.2, 0.25) is 5.91 Å². The smallest absolute Gasteiger partial charge is 0.255 e. The molecule has 0 radical (unpaired) electrons. The van der Waals surface area contributed by atoms with Crippen molar-refractivity contribution < 1.29 is 14.3 Å². The van der Waals surface area contributed by atoms with Gasteiger partial charge in [0.05, 0.1) is 29.3 Å². The van der Waals surface area contributed by atoms with Crippen LogP contribution < -0.4 is 11.1 Å². The van der Waals surface area contributed by atoms with Gasteiger partial charge in [-0.3, -0.25) is 9.59 Å². The molecule has 0 atom stereocenters. The van der Waals surface area contributed by atoms with E-state index in [-0.39, 0.29) is 24.2 Å². The van der Waals surface area contributed by atoms with Crippen LogP contribution in [0.2, 0.25) is 5.02 Å². The number of morpholine rings is 1. The number of nitrogens with one attached hydrogen (secondary N) is 1. The summed E-state index contributed by atoms with van der Waals surface area (Å²) in [5.74, 6) is -0.334. The molecule has 1 saturated carbocycles. The Hall–Kier alpha value is -1.34. The molecule has 0 aromatic heterocycles.